The fourth-order valence-corrected chi connectivity index (χ4v) is 2.10. The van der Waals surface area contributed by atoms with Gasteiger partial charge in [-0.2, -0.15) is 0 Å². The third-order valence-electron chi connectivity index (χ3n) is 2.90. The predicted octanol–water partition coefficient (Wildman–Crippen LogP) is 0.538. The monoisotopic (exact) mass is 233 g/mol. The molecule has 3 heterocycles. The molecule has 1 fully saturated rings. The first-order valence-electron chi connectivity index (χ1n) is 5.76. The molecule has 1 aliphatic heterocycles. The maximum Gasteiger partial charge on any atom is 0.180 e. The van der Waals surface area contributed by atoms with Crippen LogP contribution in [0.5, 0.6) is 0 Å². The van der Waals surface area contributed by atoms with E-state index >= 15 is 0 Å². The molecule has 2 aromatic heterocycles. The van der Waals surface area contributed by atoms with Gasteiger partial charge in [-0.3, -0.25) is 0 Å². The highest BCUT2D eigenvalue weighted by molar-refractivity contribution is 5.66. The Hall–Kier alpha value is -1.82. The number of ether oxygens (including phenoxy) is 1. The summed E-state index contributed by atoms with van der Waals surface area (Å²) in [6.45, 7) is 3.30. The van der Waals surface area contributed by atoms with Crippen molar-refractivity contribution in [1.82, 2.24) is 14.4 Å². The van der Waals surface area contributed by atoms with E-state index in [0.717, 1.165) is 44.2 Å². The van der Waals surface area contributed by atoms with E-state index in [0.29, 0.717) is 5.82 Å². The van der Waals surface area contributed by atoms with Gasteiger partial charge in [-0.05, 0) is 6.42 Å². The van der Waals surface area contributed by atoms with E-state index in [1.54, 1.807) is 12.4 Å². The molecule has 0 amide bonds. The topological polar surface area (TPSA) is 68.7 Å². The second kappa shape index (κ2) is 4.21. The van der Waals surface area contributed by atoms with Gasteiger partial charge < -0.3 is 19.8 Å². The lowest BCUT2D eigenvalue weighted by atomic mass is 10.4. The summed E-state index contributed by atoms with van der Waals surface area (Å²) >= 11 is 0. The number of hydrogen-bond acceptors (Lipinski definition) is 5. The third-order valence-corrected chi connectivity index (χ3v) is 2.90. The number of aromatic nitrogens is 3. The van der Waals surface area contributed by atoms with Crippen molar-refractivity contribution in [2.24, 2.45) is 0 Å². The highest BCUT2D eigenvalue weighted by atomic mass is 16.5. The van der Waals surface area contributed by atoms with Crippen LogP contribution < -0.4 is 10.6 Å². The van der Waals surface area contributed by atoms with E-state index in [9.17, 15) is 0 Å². The normalized spacial score (nSPS) is 17.3. The number of anilines is 2. The zero-order valence-corrected chi connectivity index (χ0v) is 9.54. The number of fused-ring (bicyclic) bond motifs is 1. The van der Waals surface area contributed by atoms with Crippen LogP contribution in [0.4, 0.5) is 11.6 Å². The highest BCUT2D eigenvalue weighted by Crippen LogP contribution is 2.20. The zero-order chi connectivity index (χ0) is 11.7. The van der Waals surface area contributed by atoms with E-state index in [1.807, 2.05) is 10.6 Å². The van der Waals surface area contributed by atoms with Crippen molar-refractivity contribution in [3.05, 3.63) is 18.6 Å². The fourth-order valence-electron chi connectivity index (χ4n) is 2.10. The molecule has 0 unspecified atom stereocenters. The van der Waals surface area contributed by atoms with Gasteiger partial charge in [-0.1, -0.05) is 0 Å². The van der Waals surface area contributed by atoms with Gasteiger partial charge >= 0.3 is 0 Å². The second-order valence-corrected chi connectivity index (χ2v) is 4.10. The standard InChI is InChI=1S/C11H15N5O/c12-9-8-16-4-2-13-10(16)11(14-9)15-3-1-6-17-7-5-15/h2,4,8H,1,3,5-7,12H2. The molecule has 0 saturated carbocycles. The molecule has 0 radical (unpaired) electrons. The SMILES string of the molecule is Nc1cn2ccnc2c(N2CCCOCC2)n1. The molecule has 3 rings (SSSR count). The van der Waals surface area contributed by atoms with E-state index in [2.05, 4.69) is 14.9 Å². The Morgan fingerprint density at radius 3 is 3.18 bits per heavy atom. The molecule has 1 saturated heterocycles. The molecule has 2 aromatic rings. The lowest BCUT2D eigenvalue weighted by Gasteiger charge is -2.21. The molecule has 1 aliphatic rings. The average Bonchev–Trinajstić information content (AvgIpc) is 2.62. The summed E-state index contributed by atoms with van der Waals surface area (Å²) < 4.78 is 7.35. The Labute approximate surface area is 99.0 Å². The first kappa shape index (κ1) is 10.3. The quantitative estimate of drug-likeness (QED) is 0.778. The van der Waals surface area contributed by atoms with Gasteiger partial charge in [0.25, 0.3) is 0 Å². The molecule has 17 heavy (non-hydrogen) atoms. The fraction of sp³-hybridized carbons (Fsp3) is 0.455. The van der Waals surface area contributed by atoms with Crippen molar-refractivity contribution in [3.63, 3.8) is 0 Å². The van der Waals surface area contributed by atoms with E-state index in [4.69, 9.17) is 10.5 Å². The van der Waals surface area contributed by atoms with Gasteiger partial charge in [0.05, 0.1) is 12.8 Å². The van der Waals surface area contributed by atoms with Gasteiger partial charge in [0, 0.05) is 32.1 Å². The molecule has 0 atom stereocenters. The minimum Gasteiger partial charge on any atom is -0.382 e. The zero-order valence-electron chi connectivity index (χ0n) is 9.54. The molecule has 0 aliphatic carbocycles. The first-order chi connectivity index (χ1) is 8.34. The maximum atomic E-state index is 5.81. The molecule has 6 nitrogen and oxygen atoms in total. The van der Waals surface area contributed by atoms with Crippen LogP contribution in [0.1, 0.15) is 6.42 Å². The van der Waals surface area contributed by atoms with Crippen LogP contribution in [0, 0.1) is 0 Å². The largest absolute Gasteiger partial charge is 0.382 e. The Bertz CT molecular complexity index is 516. The minimum atomic E-state index is 0.510. The minimum absolute atomic E-state index is 0.510. The number of nitrogen functional groups attached to an aromatic ring is 1. The van der Waals surface area contributed by atoms with Crippen molar-refractivity contribution < 1.29 is 4.74 Å². The van der Waals surface area contributed by atoms with Gasteiger partial charge in [-0.15, -0.1) is 0 Å². The Morgan fingerprint density at radius 2 is 2.24 bits per heavy atom. The Balaban J connectivity index is 2.05. The van der Waals surface area contributed by atoms with Crippen LogP contribution >= 0.6 is 0 Å². The van der Waals surface area contributed by atoms with Crippen LogP contribution in [-0.2, 0) is 4.74 Å². The van der Waals surface area contributed by atoms with E-state index in [-0.39, 0.29) is 0 Å². The summed E-state index contributed by atoms with van der Waals surface area (Å²) in [5, 5.41) is 0. The van der Waals surface area contributed by atoms with Crippen molar-refractivity contribution in [3.8, 4) is 0 Å². The summed E-state index contributed by atoms with van der Waals surface area (Å²) in [6, 6.07) is 0. The lowest BCUT2D eigenvalue weighted by Crippen LogP contribution is -2.27. The molecule has 0 spiro atoms. The molecule has 2 N–H and O–H groups in total. The molecule has 6 heteroatoms. The van der Waals surface area contributed by atoms with E-state index < -0.39 is 0 Å². The molecular formula is C11H15N5O. The number of hydrogen-bond donors (Lipinski definition) is 1. The maximum absolute atomic E-state index is 5.81. The number of imidazole rings is 1. The van der Waals surface area contributed by atoms with Gasteiger partial charge in [-0.25, -0.2) is 9.97 Å². The molecule has 90 valence electrons. The third kappa shape index (κ3) is 1.91. The second-order valence-electron chi connectivity index (χ2n) is 4.10. The Morgan fingerprint density at radius 1 is 1.29 bits per heavy atom. The van der Waals surface area contributed by atoms with Gasteiger partial charge in [0.1, 0.15) is 5.82 Å². The summed E-state index contributed by atoms with van der Waals surface area (Å²) in [4.78, 5) is 10.9. The van der Waals surface area contributed by atoms with Crippen LogP contribution in [0.25, 0.3) is 5.65 Å². The van der Waals surface area contributed by atoms with Gasteiger partial charge in [0.2, 0.25) is 0 Å². The molecule has 0 bridgehead atoms. The summed E-state index contributed by atoms with van der Waals surface area (Å²) in [7, 11) is 0. The lowest BCUT2D eigenvalue weighted by molar-refractivity contribution is 0.152. The van der Waals surface area contributed by atoms with Crippen molar-refractivity contribution in [1.29, 1.82) is 0 Å². The first-order valence-corrected chi connectivity index (χ1v) is 5.76. The van der Waals surface area contributed by atoms with Crippen LogP contribution in [-0.4, -0.2) is 40.7 Å². The Kier molecular flexibility index (Phi) is 2.56. The number of nitrogens with two attached hydrogens (primary N) is 1. The van der Waals surface area contributed by atoms with Crippen molar-refractivity contribution in [2.75, 3.05) is 36.9 Å². The molecule has 0 aromatic carbocycles. The average molecular weight is 233 g/mol. The van der Waals surface area contributed by atoms with Crippen molar-refractivity contribution in [2.45, 2.75) is 6.42 Å². The number of nitrogens with zero attached hydrogens (tertiary/aromatic N) is 4. The van der Waals surface area contributed by atoms with Crippen LogP contribution in [0.15, 0.2) is 18.6 Å². The summed E-state index contributed by atoms with van der Waals surface area (Å²) in [5.74, 6) is 1.36. The summed E-state index contributed by atoms with van der Waals surface area (Å²) in [6.07, 6.45) is 6.42. The van der Waals surface area contributed by atoms with Crippen LogP contribution in [0.2, 0.25) is 0 Å². The summed E-state index contributed by atoms with van der Waals surface area (Å²) in [5.41, 5.74) is 6.66. The van der Waals surface area contributed by atoms with Crippen LogP contribution in [0.3, 0.4) is 0 Å². The van der Waals surface area contributed by atoms with Crippen molar-refractivity contribution >= 4 is 17.3 Å². The highest BCUT2D eigenvalue weighted by Gasteiger charge is 2.16. The van der Waals surface area contributed by atoms with E-state index in [1.165, 1.54) is 0 Å². The molecular weight excluding hydrogens is 218 g/mol. The van der Waals surface area contributed by atoms with Gasteiger partial charge in [0.15, 0.2) is 11.5 Å². The smallest absolute Gasteiger partial charge is 0.180 e. The number of rotatable bonds is 1. The predicted molar refractivity (Wildman–Crippen MR) is 65.0 cm³/mol.